The van der Waals surface area contributed by atoms with Gasteiger partial charge in [0.05, 0.1) is 0 Å². The summed E-state index contributed by atoms with van der Waals surface area (Å²) in [5.41, 5.74) is 17.6. The molecule has 0 aliphatic carbocycles. The van der Waals surface area contributed by atoms with Crippen LogP contribution in [0.3, 0.4) is 0 Å². The molecule has 0 bridgehead atoms. The van der Waals surface area contributed by atoms with E-state index in [0.29, 0.717) is 11.5 Å². The number of nitrogens with zero attached hydrogens (tertiary/aromatic N) is 4. The molecule has 0 saturated carbocycles. The summed E-state index contributed by atoms with van der Waals surface area (Å²) in [5.74, 6) is 2.04. The predicted octanol–water partition coefficient (Wildman–Crippen LogP) is 18.2. The fraction of sp³-hybridized carbons (Fsp3) is 0.194. The summed E-state index contributed by atoms with van der Waals surface area (Å²) < 4.78 is 9.21. The Morgan fingerprint density at radius 3 is 1.67 bits per heavy atom. The Balaban J connectivity index is 0.00000611. The maximum atomic E-state index is 6.98. The second-order valence-electron chi connectivity index (χ2n) is 22.3. The maximum absolute atomic E-state index is 6.98. The fourth-order valence-electron chi connectivity index (χ4n) is 10.1. The molecule has 0 radical (unpaired) electrons. The minimum atomic E-state index is -0.201. The van der Waals surface area contributed by atoms with Crippen LogP contribution in [0.2, 0.25) is 0 Å². The van der Waals surface area contributed by atoms with Crippen LogP contribution in [0, 0.1) is 25.7 Å². The van der Waals surface area contributed by atoms with Crippen LogP contribution in [0.4, 0.5) is 22.7 Å². The van der Waals surface area contributed by atoms with Crippen molar-refractivity contribution in [1.29, 1.82) is 0 Å². The smallest absolute Gasteiger partial charge is 0.135 e. The molecule has 1 aliphatic heterocycles. The van der Waals surface area contributed by atoms with Gasteiger partial charge >= 0.3 is 0 Å². The summed E-state index contributed by atoms with van der Waals surface area (Å²) in [6.45, 7) is 24.7. The summed E-state index contributed by atoms with van der Waals surface area (Å²) in [7, 11) is 0. The maximum Gasteiger partial charge on any atom is 0.135 e. The van der Waals surface area contributed by atoms with Gasteiger partial charge in [0.2, 0.25) is 0 Å². The van der Waals surface area contributed by atoms with Crippen molar-refractivity contribution in [3.05, 3.63) is 223 Å². The van der Waals surface area contributed by atoms with Gasteiger partial charge in [-0.3, -0.25) is 0 Å². The minimum Gasteiger partial charge on any atom is -0.509 e. The first kappa shape index (κ1) is 49.4. The average molecular weight is 1130 g/mol. The minimum absolute atomic E-state index is 0. The molecule has 0 saturated heterocycles. The van der Waals surface area contributed by atoms with Crippen molar-refractivity contribution in [2.45, 2.75) is 85.5 Å². The van der Waals surface area contributed by atoms with Gasteiger partial charge in [0.25, 0.3) is 0 Å². The zero-order chi connectivity index (χ0) is 50.1. The molecule has 368 valence electrons. The Morgan fingerprint density at radius 1 is 0.479 bits per heavy atom. The molecule has 1 aliphatic rings. The van der Waals surface area contributed by atoms with E-state index in [2.05, 4.69) is 266 Å². The van der Waals surface area contributed by atoms with Crippen molar-refractivity contribution in [1.82, 2.24) is 9.55 Å². The monoisotopic (exact) mass is 1130 g/mol. The summed E-state index contributed by atoms with van der Waals surface area (Å²) in [5, 5.41) is 2.24. The first-order chi connectivity index (χ1) is 34.5. The molecule has 73 heavy (non-hydrogen) atoms. The second kappa shape index (κ2) is 19.0. The van der Waals surface area contributed by atoms with E-state index in [1.54, 1.807) is 0 Å². The largest absolute Gasteiger partial charge is 0.509 e. The number of anilines is 4. The van der Waals surface area contributed by atoms with Gasteiger partial charge in [-0.25, -0.2) is 4.98 Å². The van der Waals surface area contributed by atoms with Crippen molar-refractivity contribution in [3.8, 4) is 50.7 Å². The Hall–Kier alpha value is -7.20. The molecule has 0 fully saturated rings. The third kappa shape index (κ3) is 9.41. The van der Waals surface area contributed by atoms with Crippen LogP contribution in [0.15, 0.2) is 182 Å². The van der Waals surface area contributed by atoms with Crippen LogP contribution < -0.4 is 14.5 Å². The quantitative estimate of drug-likeness (QED) is 0.142. The summed E-state index contributed by atoms with van der Waals surface area (Å²) in [4.78, 5) is 9.74. The summed E-state index contributed by atoms with van der Waals surface area (Å²) in [6, 6.07) is 70.7. The van der Waals surface area contributed by atoms with E-state index in [4.69, 9.17) is 9.72 Å². The normalized spacial score (nSPS) is 12.8. The van der Waals surface area contributed by atoms with Gasteiger partial charge in [0.15, 0.2) is 0 Å². The number of rotatable bonds is 8. The first-order valence-corrected chi connectivity index (χ1v) is 25.1. The molecule has 5 nitrogen and oxygen atoms in total. The fourth-order valence-corrected chi connectivity index (χ4v) is 10.1. The zero-order valence-corrected chi connectivity index (χ0v) is 45.7. The number of benzene rings is 8. The van der Waals surface area contributed by atoms with E-state index in [-0.39, 0.29) is 37.3 Å². The number of fused-ring (bicyclic) bond motifs is 4. The van der Waals surface area contributed by atoms with E-state index in [9.17, 15) is 0 Å². The van der Waals surface area contributed by atoms with Crippen molar-refractivity contribution in [3.63, 3.8) is 0 Å². The Morgan fingerprint density at radius 2 is 1.05 bits per heavy atom. The van der Waals surface area contributed by atoms with Crippen LogP contribution >= 0.6 is 0 Å². The van der Waals surface area contributed by atoms with E-state index >= 15 is 0 Å². The molecule has 0 N–H and O–H groups in total. The average Bonchev–Trinajstić information content (AvgIpc) is 3.91. The van der Waals surface area contributed by atoms with Crippen LogP contribution in [-0.4, -0.2) is 9.55 Å². The Kier molecular flexibility index (Phi) is 12.9. The van der Waals surface area contributed by atoms with Gasteiger partial charge in [-0.1, -0.05) is 195 Å². The molecule has 11 rings (SSSR count). The van der Waals surface area contributed by atoms with Crippen molar-refractivity contribution in [2.75, 3.05) is 9.80 Å². The molecule has 0 spiro atoms. The van der Waals surface area contributed by atoms with Gasteiger partial charge in [0.1, 0.15) is 5.82 Å². The summed E-state index contributed by atoms with van der Waals surface area (Å²) >= 11 is 0. The molecular formula is C67H61N4OPt-3. The molecule has 8 aromatic carbocycles. The molecule has 10 aromatic rings. The number of hydrogen-bond donors (Lipinski definition) is 0. The van der Waals surface area contributed by atoms with Crippen molar-refractivity contribution >= 4 is 44.6 Å². The van der Waals surface area contributed by atoms with Gasteiger partial charge in [-0.05, 0) is 86.2 Å². The molecular weight excluding hydrogens is 1070 g/mol. The summed E-state index contributed by atoms with van der Waals surface area (Å²) in [6.07, 6.45) is 2.00. The molecule has 3 heterocycles. The van der Waals surface area contributed by atoms with Crippen LogP contribution in [0.1, 0.15) is 84.6 Å². The van der Waals surface area contributed by atoms with Crippen LogP contribution in [0.5, 0.6) is 11.5 Å². The Bertz CT molecular complexity index is 3650. The van der Waals surface area contributed by atoms with E-state index < -0.39 is 0 Å². The van der Waals surface area contributed by atoms with Crippen molar-refractivity contribution < 1.29 is 25.8 Å². The third-order valence-corrected chi connectivity index (χ3v) is 14.2. The van der Waals surface area contributed by atoms with E-state index in [1.165, 1.54) is 11.1 Å². The van der Waals surface area contributed by atoms with Crippen molar-refractivity contribution in [2.24, 2.45) is 0 Å². The molecule has 0 atom stereocenters. The number of para-hydroxylation sites is 3. The number of aromatic nitrogens is 2. The molecule has 0 unspecified atom stereocenters. The molecule has 6 heteroatoms. The van der Waals surface area contributed by atoms with Gasteiger partial charge in [-0.2, -0.15) is 6.07 Å². The number of ether oxygens (including phenoxy) is 1. The van der Waals surface area contributed by atoms with Crippen LogP contribution in [0.25, 0.3) is 61.0 Å². The second-order valence-corrected chi connectivity index (χ2v) is 22.3. The SMILES string of the molecule is Cc1cc(-n2c3[c-]c(Oc4[c-]c(N5[CH-]N(c6c(-c7ccccc7)cccc6-c6ccc(C(C)(C)C)cc6)c6ccccc65)cc(C(C)(C)C)c4)ccc3c3cc(C(C)(C)C)ccc32)ncc1-c1ccccc1.[Pt]. The molecule has 2 aromatic heterocycles. The first-order valence-electron chi connectivity index (χ1n) is 25.1. The number of pyridine rings is 1. The van der Waals surface area contributed by atoms with E-state index in [0.717, 1.165) is 94.9 Å². The number of aryl methyl sites for hydroxylation is 1. The Labute approximate surface area is 446 Å². The van der Waals surface area contributed by atoms with Gasteiger partial charge < -0.3 is 19.1 Å². The van der Waals surface area contributed by atoms with Gasteiger partial charge in [0, 0.05) is 78.0 Å². The predicted molar refractivity (Wildman–Crippen MR) is 301 cm³/mol. The standard InChI is InChI=1S/C67H61N4O.Pt/c1-44-36-63(68-42-58(44)46-22-15-12-16-23-46)71-59-35-32-49(66(5,6)7)39-57(59)56-34-33-52(41-62(56)71)72-53-38-50(67(8,9)10)37-51(40-53)69-43-70(61-27-18-17-26-60(61)69)64-54(45-20-13-11-14-21-45)24-19-25-55(64)47-28-30-48(31-29-47)65(2,3)4;/h11-39,42-43H,1-10H3;/q-3;. The zero-order valence-electron chi connectivity index (χ0n) is 43.4. The van der Waals surface area contributed by atoms with Crippen LogP contribution in [-0.2, 0) is 37.3 Å². The van der Waals surface area contributed by atoms with Gasteiger partial charge in [-0.15, -0.1) is 53.6 Å². The third-order valence-electron chi connectivity index (χ3n) is 14.2. The number of hydrogen-bond acceptors (Lipinski definition) is 4. The topological polar surface area (TPSA) is 33.5 Å². The van der Waals surface area contributed by atoms with E-state index in [1.807, 2.05) is 18.3 Å². The molecule has 0 amide bonds.